The fourth-order valence-electron chi connectivity index (χ4n) is 0.498. The van der Waals surface area contributed by atoms with Crippen LogP contribution in [0.2, 0.25) is 5.02 Å². The van der Waals surface area contributed by atoms with E-state index in [-0.39, 0.29) is 31.3 Å². The first-order chi connectivity index (χ1) is 4.80. The van der Waals surface area contributed by atoms with E-state index in [2.05, 4.69) is 6.92 Å². The van der Waals surface area contributed by atoms with Gasteiger partial charge in [0.2, 0.25) is 0 Å². The van der Waals surface area contributed by atoms with Gasteiger partial charge in [0.25, 0.3) is 0 Å². The largest absolute Gasteiger partial charge is 1.00 e. The van der Waals surface area contributed by atoms with Gasteiger partial charge in [-0.25, -0.2) is 0 Å². The van der Waals surface area contributed by atoms with Crippen molar-refractivity contribution in [3.05, 3.63) is 41.8 Å². The van der Waals surface area contributed by atoms with Crippen molar-refractivity contribution in [2.75, 3.05) is 0 Å². The van der Waals surface area contributed by atoms with Crippen LogP contribution in [0.3, 0.4) is 0 Å². The molecule has 0 saturated heterocycles. The van der Waals surface area contributed by atoms with Gasteiger partial charge in [0.1, 0.15) is 0 Å². The van der Waals surface area contributed by atoms with E-state index in [4.69, 9.17) is 21.3 Å². The van der Waals surface area contributed by atoms with E-state index < -0.39 is 0 Å². The van der Waals surface area contributed by atoms with Gasteiger partial charge in [-0.3, -0.25) is 0 Å². The minimum Gasteiger partial charge on any atom is 1.00 e. The van der Waals surface area contributed by atoms with E-state index in [0.717, 1.165) is 27.9 Å². The molecule has 12 heavy (non-hydrogen) atoms. The van der Waals surface area contributed by atoms with Crippen molar-refractivity contribution in [3.63, 3.8) is 0 Å². The van der Waals surface area contributed by atoms with Crippen molar-refractivity contribution in [2.45, 2.75) is 0 Å². The average Bonchev–Trinajstić information content (AvgIpc) is 2.00. The van der Waals surface area contributed by atoms with Gasteiger partial charge in [-0.2, -0.15) is 30.2 Å². The van der Waals surface area contributed by atoms with Gasteiger partial charge in [0.05, 0.1) is 0 Å². The maximum Gasteiger partial charge on any atom is 1.00 e. The molecule has 0 saturated carbocycles. The Morgan fingerprint density at radius 3 is 1.83 bits per heavy atom. The van der Waals surface area contributed by atoms with Crippen LogP contribution >= 0.6 is 21.3 Å². The third kappa shape index (κ3) is 7.81. The topological polar surface area (TPSA) is 0 Å². The minimum atomic E-state index is 0. The quantitative estimate of drug-likeness (QED) is 0.353. The van der Waals surface area contributed by atoms with Crippen LogP contribution in [0.4, 0.5) is 0 Å². The van der Waals surface area contributed by atoms with Crippen LogP contribution in [0.1, 0.15) is 5.56 Å². The first-order valence-electron chi connectivity index (χ1n) is 2.64. The molecule has 1 aromatic rings. The Kier molecular flexibility index (Phi) is 19.2. The molecular formula is C7H6Cl3LiZn. The molecule has 0 fully saturated rings. The number of hydrogen-bond acceptors (Lipinski definition) is 0. The predicted octanol–water partition coefficient (Wildman–Crippen LogP) is -2.78. The van der Waals surface area contributed by atoms with Crippen molar-refractivity contribution in [3.8, 4) is 0 Å². The molecule has 0 unspecified atom stereocenters. The summed E-state index contributed by atoms with van der Waals surface area (Å²) in [6.07, 6.45) is 0. The minimum absolute atomic E-state index is 0. The second kappa shape index (κ2) is 12.2. The number of halogens is 3. The summed E-state index contributed by atoms with van der Waals surface area (Å²) in [4.78, 5) is 0. The molecule has 0 heterocycles. The van der Waals surface area contributed by atoms with Crippen molar-refractivity contribution in [1.29, 1.82) is 0 Å². The molecular weight excluding hydrogens is 263 g/mol. The van der Waals surface area contributed by atoms with Crippen molar-refractivity contribution in [1.82, 2.24) is 0 Å². The molecule has 0 spiro atoms. The van der Waals surface area contributed by atoms with Crippen LogP contribution in [0.5, 0.6) is 0 Å². The van der Waals surface area contributed by atoms with E-state index >= 15 is 0 Å². The Balaban J connectivity index is -0.000000189. The van der Waals surface area contributed by atoms with Crippen LogP contribution in [0.15, 0.2) is 24.3 Å². The molecule has 0 radical (unpaired) electrons. The van der Waals surface area contributed by atoms with Gasteiger partial charge in [-0.15, -0.1) is 12.1 Å². The molecule has 0 bridgehead atoms. The molecule has 0 N–H and O–H groups in total. The van der Waals surface area contributed by atoms with Crippen molar-refractivity contribution in [2.24, 2.45) is 0 Å². The number of rotatable bonds is 0. The van der Waals surface area contributed by atoms with Gasteiger partial charge in [0.15, 0.2) is 0 Å². The van der Waals surface area contributed by atoms with Gasteiger partial charge in [-0.05, 0) is 0 Å². The summed E-state index contributed by atoms with van der Waals surface area (Å²) in [7, 11) is 4.76. The molecule has 1 rings (SSSR count). The summed E-state index contributed by atoms with van der Waals surface area (Å²) in [6, 6.07) is 7.50. The second-order valence-corrected chi connectivity index (χ2v) is 2.00. The Morgan fingerprint density at radius 1 is 1.17 bits per heavy atom. The zero-order chi connectivity index (χ0) is 7.98. The maximum atomic E-state index is 5.65. The van der Waals surface area contributed by atoms with E-state index in [0.29, 0.717) is 0 Å². The molecule has 0 aliphatic heterocycles. The normalized spacial score (nSPS) is 6.67. The summed E-state index contributed by atoms with van der Waals surface area (Å²) in [5.74, 6) is 0. The third-order valence-corrected chi connectivity index (χ3v) is 1.33. The first-order valence-corrected chi connectivity index (χ1v) is 6.91. The van der Waals surface area contributed by atoms with Crippen molar-refractivity contribution >= 4 is 21.3 Å². The predicted molar refractivity (Wildman–Crippen MR) is 41.8 cm³/mol. The molecule has 0 aliphatic carbocycles. The van der Waals surface area contributed by atoms with Crippen LogP contribution in [0.25, 0.3) is 0 Å². The zero-order valence-corrected chi connectivity index (χ0v) is 12.1. The Labute approximate surface area is 111 Å². The second-order valence-electron chi connectivity index (χ2n) is 1.59. The SMILES string of the molecule is [CH2-]c1ccccc1Cl.[Cl-].[Cl][Zn+].[Li+]. The van der Waals surface area contributed by atoms with Crippen LogP contribution in [-0.4, -0.2) is 0 Å². The monoisotopic (exact) mass is 266 g/mol. The van der Waals surface area contributed by atoms with Gasteiger partial charge >= 0.3 is 45.9 Å². The summed E-state index contributed by atoms with van der Waals surface area (Å²) >= 11 is 6.49. The standard InChI is InChI=1S/C7H6Cl.2ClH.Li.Zn/c1-6-4-2-3-5-7(6)8;;;;/h2-5H,1H2;2*1H;;/q-1;;;+1;+2/p-2. The van der Waals surface area contributed by atoms with Gasteiger partial charge in [-0.1, -0.05) is 11.1 Å². The smallest absolute Gasteiger partial charge is 1.00 e. The zero-order valence-electron chi connectivity index (χ0n) is 6.86. The van der Waals surface area contributed by atoms with E-state index in [9.17, 15) is 0 Å². The number of hydrogen-bond donors (Lipinski definition) is 0. The van der Waals surface area contributed by atoms with E-state index in [1.54, 1.807) is 0 Å². The summed E-state index contributed by atoms with van der Waals surface area (Å²) in [6.45, 7) is 3.69. The van der Waals surface area contributed by atoms with Crippen molar-refractivity contribution < 1.29 is 48.6 Å². The Bertz CT molecular complexity index is 175. The van der Waals surface area contributed by atoms with Crippen LogP contribution in [-0.2, 0) is 17.3 Å². The maximum absolute atomic E-state index is 5.65. The van der Waals surface area contributed by atoms with Crippen LogP contribution in [0, 0.1) is 6.92 Å². The summed E-state index contributed by atoms with van der Waals surface area (Å²) in [5.41, 5.74) is 0.883. The molecule has 0 aliphatic rings. The third-order valence-electron chi connectivity index (χ3n) is 0.958. The van der Waals surface area contributed by atoms with Gasteiger partial charge < -0.3 is 12.4 Å². The summed E-state index contributed by atoms with van der Waals surface area (Å²) < 4.78 is 0. The fourth-order valence-corrected chi connectivity index (χ4v) is 0.634. The van der Waals surface area contributed by atoms with E-state index in [1.807, 2.05) is 24.3 Å². The molecule has 58 valence electrons. The average molecular weight is 269 g/mol. The van der Waals surface area contributed by atoms with Crippen LogP contribution < -0.4 is 31.3 Å². The first kappa shape index (κ1) is 18.9. The molecule has 0 amide bonds. The molecule has 1 aromatic carbocycles. The fraction of sp³-hybridized carbons (Fsp3) is 0. The number of benzene rings is 1. The summed E-state index contributed by atoms with van der Waals surface area (Å²) in [5, 5.41) is 0.729. The molecule has 0 aromatic heterocycles. The van der Waals surface area contributed by atoms with E-state index in [1.165, 1.54) is 0 Å². The molecule has 0 nitrogen and oxygen atoms in total. The van der Waals surface area contributed by atoms with Gasteiger partial charge in [0, 0.05) is 0 Å². The molecule has 0 atom stereocenters. The Morgan fingerprint density at radius 2 is 1.58 bits per heavy atom. The molecule has 5 heteroatoms. The Hall–Kier alpha value is 1.18.